The molecule has 114 valence electrons. The van der Waals surface area contributed by atoms with E-state index < -0.39 is 17.7 Å². The van der Waals surface area contributed by atoms with Crippen molar-refractivity contribution in [2.45, 2.75) is 64.5 Å². The first-order chi connectivity index (χ1) is 9.40. The van der Waals surface area contributed by atoms with Gasteiger partial charge in [0, 0.05) is 11.6 Å². The van der Waals surface area contributed by atoms with E-state index in [1.54, 1.807) is 0 Å². The number of alkyl halides is 3. The smallest absolute Gasteiger partial charge is 0.245 e. The highest BCUT2D eigenvalue weighted by Gasteiger charge is 2.36. The molecular formula is C15H21F4N. The zero-order valence-corrected chi connectivity index (χ0v) is 11.9. The molecule has 0 unspecified atom stereocenters. The molecule has 0 saturated carbocycles. The number of hydrogen-bond acceptors (Lipinski definition) is 1. The number of nitrogens with zero attached hydrogens (tertiary/aromatic N) is 1. The molecule has 0 fully saturated rings. The maximum absolute atomic E-state index is 13.3. The second-order valence-corrected chi connectivity index (χ2v) is 5.05. The van der Waals surface area contributed by atoms with Crippen LogP contribution in [0.3, 0.4) is 0 Å². The summed E-state index contributed by atoms with van der Waals surface area (Å²) in [6.07, 6.45) is 0.703. The molecule has 0 saturated heterocycles. The summed E-state index contributed by atoms with van der Waals surface area (Å²) in [6.45, 7) is 4.08. The monoisotopic (exact) mass is 291 g/mol. The molecule has 1 aromatic heterocycles. The van der Waals surface area contributed by atoms with Crippen molar-refractivity contribution >= 4 is 0 Å². The molecule has 1 rings (SSSR count). The van der Waals surface area contributed by atoms with Crippen LogP contribution < -0.4 is 0 Å². The third-order valence-corrected chi connectivity index (χ3v) is 3.37. The highest BCUT2D eigenvalue weighted by Crippen LogP contribution is 2.33. The van der Waals surface area contributed by atoms with Crippen molar-refractivity contribution < 1.29 is 17.6 Å². The summed E-state index contributed by atoms with van der Waals surface area (Å²) in [5.74, 6) is -1.32. The molecule has 0 aliphatic heterocycles. The maximum atomic E-state index is 13.3. The average Bonchev–Trinajstić information content (AvgIpc) is 2.38. The molecule has 0 spiro atoms. The summed E-state index contributed by atoms with van der Waals surface area (Å²) in [6, 6.07) is 2.27. The second-order valence-electron chi connectivity index (χ2n) is 5.05. The Kier molecular flexibility index (Phi) is 6.43. The van der Waals surface area contributed by atoms with E-state index in [9.17, 15) is 17.6 Å². The predicted octanol–water partition coefficient (Wildman–Crippen LogP) is 5.70. The first kappa shape index (κ1) is 16.9. The van der Waals surface area contributed by atoms with Gasteiger partial charge in [0.1, 0.15) is 0 Å². The lowest BCUT2D eigenvalue weighted by Crippen LogP contribution is -2.14. The molecule has 0 aliphatic carbocycles. The summed E-state index contributed by atoms with van der Waals surface area (Å²) >= 11 is 0. The van der Waals surface area contributed by atoms with Crippen LogP contribution in [0, 0.1) is 5.82 Å². The van der Waals surface area contributed by atoms with Crippen molar-refractivity contribution in [3.8, 4) is 0 Å². The molecule has 1 heterocycles. The third-order valence-electron chi connectivity index (χ3n) is 3.37. The van der Waals surface area contributed by atoms with Crippen LogP contribution in [0.25, 0.3) is 0 Å². The van der Waals surface area contributed by atoms with Gasteiger partial charge >= 0.3 is 6.18 Å². The minimum Gasteiger partial charge on any atom is -0.245 e. The van der Waals surface area contributed by atoms with E-state index >= 15 is 0 Å². The van der Waals surface area contributed by atoms with Crippen molar-refractivity contribution in [2.75, 3.05) is 0 Å². The fourth-order valence-electron chi connectivity index (χ4n) is 2.22. The molecule has 20 heavy (non-hydrogen) atoms. The lowest BCUT2D eigenvalue weighted by atomic mass is 9.92. The number of aromatic nitrogens is 1. The zero-order valence-electron chi connectivity index (χ0n) is 11.9. The van der Waals surface area contributed by atoms with Crippen LogP contribution in [0.2, 0.25) is 0 Å². The van der Waals surface area contributed by atoms with Gasteiger partial charge in [0.25, 0.3) is 0 Å². The third kappa shape index (κ3) is 4.76. The lowest BCUT2D eigenvalue weighted by molar-refractivity contribution is -0.143. The van der Waals surface area contributed by atoms with Crippen molar-refractivity contribution in [3.63, 3.8) is 0 Å². The minimum absolute atomic E-state index is 0.0170. The van der Waals surface area contributed by atoms with Gasteiger partial charge in [0.05, 0.1) is 0 Å². The van der Waals surface area contributed by atoms with Gasteiger partial charge in [0.15, 0.2) is 11.5 Å². The van der Waals surface area contributed by atoms with Gasteiger partial charge in [-0.25, -0.2) is 9.37 Å². The largest absolute Gasteiger partial charge is 0.436 e. The van der Waals surface area contributed by atoms with Gasteiger partial charge in [0.2, 0.25) is 0 Å². The Balaban J connectivity index is 3.00. The average molecular weight is 291 g/mol. The maximum Gasteiger partial charge on any atom is 0.436 e. The Morgan fingerprint density at radius 1 is 1.05 bits per heavy atom. The Morgan fingerprint density at radius 2 is 1.60 bits per heavy atom. The van der Waals surface area contributed by atoms with Crippen LogP contribution in [0.15, 0.2) is 12.1 Å². The van der Waals surface area contributed by atoms with Crippen LogP contribution >= 0.6 is 0 Å². The molecule has 5 heteroatoms. The number of unbranched alkanes of at least 4 members (excludes halogenated alkanes) is 2. The van der Waals surface area contributed by atoms with Gasteiger partial charge in [-0.2, -0.15) is 13.2 Å². The first-order valence-corrected chi connectivity index (χ1v) is 7.13. The van der Waals surface area contributed by atoms with E-state index in [-0.39, 0.29) is 5.92 Å². The second kappa shape index (κ2) is 7.60. The number of halogens is 4. The standard InChI is InChI=1S/C15H21F4N/c1-3-5-7-11(8-6-4-2)13-10-9-12(16)14(20-13)15(17,18)19/h9-11H,3-8H2,1-2H3. The topological polar surface area (TPSA) is 12.9 Å². The molecule has 0 aromatic carbocycles. The number of pyridine rings is 1. The lowest BCUT2D eigenvalue weighted by Gasteiger charge is -2.17. The van der Waals surface area contributed by atoms with E-state index in [2.05, 4.69) is 4.98 Å². The minimum atomic E-state index is -4.74. The van der Waals surface area contributed by atoms with Crippen LogP contribution in [0.5, 0.6) is 0 Å². The Morgan fingerprint density at radius 3 is 2.05 bits per heavy atom. The van der Waals surface area contributed by atoms with Gasteiger partial charge in [-0.1, -0.05) is 39.5 Å². The Hall–Kier alpha value is -1.13. The van der Waals surface area contributed by atoms with Crippen molar-refractivity contribution in [1.29, 1.82) is 0 Å². The Labute approximate surface area is 117 Å². The van der Waals surface area contributed by atoms with Crippen LogP contribution in [0.4, 0.5) is 17.6 Å². The van der Waals surface area contributed by atoms with Crippen molar-refractivity contribution in [3.05, 3.63) is 29.3 Å². The Bertz CT molecular complexity index is 407. The molecule has 0 amide bonds. The van der Waals surface area contributed by atoms with E-state index in [1.165, 1.54) is 6.07 Å². The normalized spacial score (nSPS) is 12.2. The van der Waals surface area contributed by atoms with E-state index in [0.29, 0.717) is 5.69 Å². The first-order valence-electron chi connectivity index (χ1n) is 7.13. The van der Waals surface area contributed by atoms with E-state index in [4.69, 9.17) is 0 Å². The fraction of sp³-hybridized carbons (Fsp3) is 0.667. The van der Waals surface area contributed by atoms with Crippen LogP contribution in [-0.4, -0.2) is 4.98 Å². The van der Waals surface area contributed by atoms with Gasteiger partial charge in [-0.15, -0.1) is 0 Å². The van der Waals surface area contributed by atoms with Gasteiger partial charge in [-0.3, -0.25) is 0 Å². The summed E-state index contributed by atoms with van der Waals surface area (Å²) < 4.78 is 51.3. The quantitative estimate of drug-likeness (QED) is 0.587. The molecule has 0 radical (unpaired) electrons. The zero-order chi connectivity index (χ0) is 15.2. The summed E-state index contributed by atoms with van der Waals surface area (Å²) in [4.78, 5) is 3.55. The predicted molar refractivity (Wildman–Crippen MR) is 71.0 cm³/mol. The molecule has 0 atom stereocenters. The van der Waals surface area contributed by atoms with E-state index in [1.807, 2.05) is 13.8 Å². The van der Waals surface area contributed by atoms with Gasteiger partial charge < -0.3 is 0 Å². The van der Waals surface area contributed by atoms with Crippen molar-refractivity contribution in [1.82, 2.24) is 4.98 Å². The highest BCUT2D eigenvalue weighted by molar-refractivity contribution is 5.18. The molecule has 1 aromatic rings. The molecule has 1 nitrogen and oxygen atoms in total. The van der Waals surface area contributed by atoms with Crippen LogP contribution in [-0.2, 0) is 6.18 Å². The molecular weight excluding hydrogens is 270 g/mol. The van der Waals surface area contributed by atoms with E-state index in [0.717, 1.165) is 44.6 Å². The van der Waals surface area contributed by atoms with Crippen molar-refractivity contribution in [2.24, 2.45) is 0 Å². The SMILES string of the molecule is CCCCC(CCCC)c1ccc(F)c(C(F)(F)F)n1. The van der Waals surface area contributed by atoms with Gasteiger partial charge in [-0.05, 0) is 25.0 Å². The fourth-order valence-corrected chi connectivity index (χ4v) is 2.22. The molecule has 0 N–H and O–H groups in total. The number of rotatable bonds is 7. The molecule has 0 bridgehead atoms. The molecule has 0 aliphatic rings. The highest BCUT2D eigenvalue weighted by atomic mass is 19.4. The summed E-state index contributed by atoms with van der Waals surface area (Å²) in [7, 11) is 0. The summed E-state index contributed by atoms with van der Waals surface area (Å²) in [5.41, 5.74) is -1.03. The number of hydrogen-bond donors (Lipinski definition) is 0. The summed E-state index contributed by atoms with van der Waals surface area (Å²) in [5, 5.41) is 0. The van der Waals surface area contributed by atoms with Crippen LogP contribution in [0.1, 0.15) is 69.7 Å².